The molecule has 0 saturated heterocycles. The third kappa shape index (κ3) is 5.57. The molecule has 0 aliphatic carbocycles. The molecular formula is C18H28N6O3. The molecule has 0 fully saturated rings. The van der Waals surface area contributed by atoms with E-state index in [9.17, 15) is 9.59 Å². The largest absolute Gasteiger partial charge is 0.444 e. The standard InChI is InChI=1S/C18H28N6O3/c1-18(2,3)27-17(26)24(6)9-7-8-19-14-13-12(10-23(4)5)16(25)22-15(13)21-11-20-14/h10-11H,7-9H2,1-6H3,(H2,19,20,21,22,25). The van der Waals surface area contributed by atoms with E-state index in [0.29, 0.717) is 42.3 Å². The van der Waals surface area contributed by atoms with Gasteiger partial charge in [-0.15, -0.1) is 0 Å². The number of ether oxygens (including phenoxy) is 1. The van der Waals surface area contributed by atoms with Crippen LogP contribution in [0.1, 0.15) is 32.8 Å². The van der Waals surface area contributed by atoms with Gasteiger partial charge in [-0.1, -0.05) is 0 Å². The summed E-state index contributed by atoms with van der Waals surface area (Å²) in [7, 11) is 5.40. The lowest BCUT2D eigenvalue weighted by molar-refractivity contribution is -0.110. The third-order valence-corrected chi connectivity index (χ3v) is 3.65. The first kappa shape index (κ1) is 20.5. The van der Waals surface area contributed by atoms with E-state index in [-0.39, 0.29) is 12.0 Å². The van der Waals surface area contributed by atoms with Crippen molar-refractivity contribution in [3.05, 3.63) is 18.1 Å². The molecule has 0 bridgehead atoms. The summed E-state index contributed by atoms with van der Waals surface area (Å²) in [5.41, 5.74) is 0.667. The number of fused-ring (bicyclic) bond motifs is 1. The molecule has 0 spiro atoms. The molecule has 1 aromatic heterocycles. The Labute approximate surface area is 159 Å². The second-order valence-electron chi connectivity index (χ2n) is 7.59. The van der Waals surface area contributed by atoms with Gasteiger partial charge in [0.25, 0.3) is 5.91 Å². The molecule has 2 heterocycles. The maximum atomic E-state index is 12.2. The molecule has 2 rings (SSSR count). The summed E-state index contributed by atoms with van der Waals surface area (Å²) in [6.07, 6.45) is 3.50. The zero-order chi connectivity index (χ0) is 20.2. The summed E-state index contributed by atoms with van der Waals surface area (Å²) in [6, 6.07) is 0. The van der Waals surface area contributed by atoms with Crippen molar-refractivity contribution in [2.75, 3.05) is 44.9 Å². The Bertz CT molecular complexity index is 739. The van der Waals surface area contributed by atoms with E-state index >= 15 is 0 Å². The van der Waals surface area contributed by atoms with Gasteiger partial charge in [0.2, 0.25) is 0 Å². The van der Waals surface area contributed by atoms with Gasteiger partial charge in [-0.25, -0.2) is 14.8 Å². The summed E-state index contributed by atoms with van der Waals surface area (Å²) < 4.78 is 5.33. The summed E-state index contributed by atoms with van der Waals surface area (Å²) in [4.78, 5) is 35.9. The highest BCUT2D eigenvalue weighted by atomic mass is 16.6. The Morgan fingerprint density at radius 3 is 2.63 bits per heavy atom. The van der Waals surface area contributed by atoms with Gasteiger partial charge in [0, 0.05) is 40.4 Å². The number of carbonyl (C=O) groups is 2. The van der Waals surface area contributed by atoms with E-state index in [1.165, 1.54) is 6.33 Å². The van der Waals surface area contributed by atoms with Crippen LogP contribution in [0.5, 0.6) is 0 Å². The first-order chi connectivity index (χ1) is 12.6. The second-order valence-corrected chi connectivity index (χ2v) is 7.59. The van der Waals surface area contributed by atoms with Crippen LogP contribution in [0.4, 0.5) is 16.4 Å². The zero-order valence-electron chi connectivity index (χ0n) is 16.8. The predicted octanol–water partition coefficient (Wildman–Crippen LogP) is 2.00. The Kier molecular flexibility index (Phi) is 6.24. The van der Waals surface area contributed by atoms with Gasteiger partial charge in [0.05, 0.1) is 11.1 Å². The Morgan fingerprint density at radius 1 is 1.30 bits per heavy atom. The molecule has 0 saturated carbocycles. The van der Waals surface area contributed by atoms with Crippen LogP contribution in [0.25, 0.3) is 5.57 Å². The van der Waals surface area contributed by atoms with E-state index < -0.39 is 5.60 Å². The molecule has 0 atom stereocenters. The normalized spacial score (nSPS) is 14.6. The first-order valence-corrected chi connectivity index (χ1v) is 8.81. The van der Waals surface area contributed by atoms with Crippen LogP contribution < -0.4 is 10.6 Å². The number of carbonyl (C=O) groups excluding carboxylic acids is 2. The van der Waals surface area contributed by atoms with Crippen LogP contribution in [-0.4, -0.2) is 71.6 Å². The maximum absolute atomic E-state index is 12.2. The van der Waals surface area contributed by atoms with Gasteiger partial charge in [-0.05, 0) is 27.2 Å². The van der Waals surface area contributed by atoms with Crippen molar-refractivity contribution in [1.29, 1.82) is 0 Å². The molecule has 9 heteroatoms. The van der Waals surface area contributed by atoms with Gasteiger partial charge in [0.1, 0.15) is 23.6 Å². The van der Waals surface area contributed by atoms with Crippen molar-refractivity contribution >= 4 is 29.2 Å². The summed E-state index contributed by atoms with van der Waals surface area (Å²) in [5, 5.41) is 5.97. The number of rotatable bonds is 6. The van der Waals surface area contributed by atoms with Gasteiger partial charge in [-0.2, -0.15) is 0 Å². The van der Waals surface area contributed by atoms with E-state index in [0.717, 1.165) is 0 Å². The van der Waals surface area contributed by atoms with E-state index in [1.54, 1.807) is 23.0 Å². The van der Waals surface area contributed by atoms with Crippen LogP contribution in [-0.2, 0) is 9.53 Å². The van der Waals surface area contributed by atoms with E-state index in [2.05, 4.69) is 20.6 Å². The first-order valence-electron chi connectivity index (χ1n) is 8.81. The van der Waals surface area contributed by atoms with E-state index in [1.807, 2.05) is 34.9 Å². The molecule has 9 nitrogen and oxygen atoms in total. The molecule has 0 radical (unpaired) electrons. The highest BCUT2D eigenvalue weighted by Crippen LogP contribution is 2.34. The number of hydrogen-bond acceptors (Lipinski definition) is 7. The minimum Gasteiger partial charge on any atom is -0.444 e. The number of amides is 2. The Hall–Kier alpha value is -2.84. The fourth-order valence-electron chi connectivity index (χ4n) is 2.49. The SMILES string of the molecule is CN(C)C=C1C(=O)Nc2ncnc(NCCCN(C)C(=O)OC(C)(C)C)c21. The van der Waals surface area contributed by atoms with Crippen LogP contribution in [0.2, 0.25) is 0 Å². The van der Waals surface area contributed by atoms with Crippen molar-refractivity contribution in [3.63, 3.8) is 0 Å². The molecule has 27 heavy (non-hydrogen) atoms. The maximum Gasteiger partial charge on any atom is 0.410 e. The zero-order valence-corrected chi connectivity index (χ0v) is 16.8. The Balaban J connectivity index is 1.96. The molecule has 1 aliphatic rings. The highest BCUT2D eigenvalue weighted by Gasteiger charge is 2.29. The van der Waals surface area contributed by atoms with Crippen LogP contribution >= 0.6 is 0 Å². The van der Waals surface area contributed by atoms with Gasteiger partial charge < -0.3 is 25.2 Å². The molecule has 2 N–H and O–H groups in total. The minimum atomic E-state index is -0.514. The highest BCUT2D eigenvalue weighted by molar-refractivity contribution is 6.32. The number of nitrogens with one attached hydrogen (secondary N) is 2. The summed E-state index contributed by atoms with van der Waals surface area (Å²) in [5.74, 6) is 0.884. The summed E-state index contributed by atoms with van der Waals surface area (Å²) >= 11 is 0. The average molecular weight is 376 g/mol. The lowest BCUT2D eigenvalue weighted by atomic mass is 10.1. The molecule has 1 aliphatic heterocycles. The number of aromatic nitrogens is 2. The van der Waals surface area contributed by atoms with Crippen molar-refractivity contribution in [1.82, 2.24) is 19.8 Å². The number of nitrogens with zero attached hydrogens (tertiary/aromatic N) is 4. The van der Waals surface area contributed by atoms with E-state index in [4.69, 9.17) is 4.74 Å². The number of anilines is 2. The van der Waals surface area contributed by atoms with Crippen molar-refractivity contribution in [2.24, 2.45) is 0 Å². The minimum absolute atomic E-state index is 0.202. The van der Waals surface area contributed by atoms with Crippen LogP contribution in [0, 0.1) is 0 Å². The molecule has 2 amide bonds. The van der Waals surface area contributed by atoms with Crippen molar-refractivity contribution in [2.45, 2.75) is 32.8 Å². The average Bonchev–Trinajstić information content (AvgIpc) is 2.85. The van der Waals surface area contributed by atoms with Gasteiger partial charge >= 0.3 is 6.09 Å². The topological polar surface area (TPSA) is 99.7 Å². The smallest absolute Gasteiger partial charge is 0.410 e. The molecule has 0 aromatic carbocycles. The van der Waals surface area contributed by atoms with Gasteiger partial charge in [0.15, 0.2) is 0 Å². The molecule has 1 aromatic rings. The second kappa shape index (κ2) is 8.24. The number of hydrogen-bond donors (Lipinski definition) is 2. The summed E-state index contributed by atoms with van der Waals surface area (Å²) in [6.45, 7) is 6.63. The fraction of sp³-hybridized carbons (Fsp3) is 0.556. The lowest BCUT2D eigenvalue weighted by Crippen LogP contribution is -2.35. The fourth-order valence-corrected chi connectivity index (χ4v) is 2.49. The Morgan fingerprint density at radius 2 is 2.00 bits per heavy atom. The molecule has 0 unspecified atom stereocenters. The van der Waals surface area contributed by atoms with Crippen LogP contribution in [0.3, 0.4) is 0 Å². The third-order valence-electron chi connectivity index (χ3n) is 3.65. The van der Waals surface area contributed by atoms with Gasteiger partial charge in [-0.3, -0.25) is 4.79 Å². The van der Waals surface area contributed by atoms with Crippen molar-refractivity contribution in [3.8, 4) is 0 Å². The van der Waals surface area contributed by atoms with Crippen LogP contribution in [0.15, 0.2) is 12.5 Å². The quantitative estimate of drug-likeness (QED) is 0.578. The molecule has 148 valence electrons. The predicted molar refractivity (Wildman–Crippen MR) is 104 cm³/mol. The molecular weight excluding hydrogens is 348 g/mol. The lowest BCUT2D eigenvalue weighted by Gasteiger charge is -2.24. The van der Waals surface area contributed by atoms with Crippen molar-refractivity contribution < 1.29 is 14.3 Å². The monoisotopic (exact) mass is 376 g/mol.